The number of rotatable bonds is 4. The number of nitrogens with zero attached hydrogens (tertiary/aromatic N) is 2. The Morgan fingerprint density at radius 2 is 0.778 bits per heavy atom. The molecule has 1 aliphatic carbocycles. The lowest BCUT2D eigenvalue weighted by Crippen LogP contribution is -2.41. The molecule has 7 rings (SSSR count). The molecule has 0 aliphatic heterocycles. The van der Waals surface area contributed by atoms with E-state index in [1.165, 1.54) is 32.7 Å². The lowest BCUT2D eigenvalue weighted by molar-refractivity contribution is 0.223. The molecule has 0 amide bonds. The lowest BCUT2D eigenvalue weighted by atomic mass is 9.50. The van der Waals surface area contributed by atoms with Crippen LogP contribution in [0.5, 0.6) is 0 Å². The van der Waals surface area contributed by atoms with E-state index in [2.05, 4.69) is 109 Å². The summed E-state index contributed by atoms with van der Waals surface area (Å²) in [5, 5.41) is 5.21. The van der Waals surface area contributed by atoms with E-state index < -0.39 is 0 Å². The zero-order valence-corrected chi connectivity index (χ0v) is 19.9. The minimum Gasteiger partial charge on any atom is -0.261 e. The number of hydrogen-bond acceptors (Lipinski definition) is 2. The van der Waals surface area contributed by atoms with Crippen molar-refractivity contribution < 1.29 is 0 Å². The SMILES string of the molecule is c1ccc(C2C(c3cccc4ccccc34)C(c3ccccn3)C2c2cccc3ccccc23)nc1. The first-order valence-corrected chi connectivity index (χ1v) is 12.7. The van der Waals surface area contributed by atoms with Crippen LogP contribution < -0.4 is 0 Å². The van der Waals surface area contributed by atoms with Crippen LogP contribution in [-0.4, -0.2) is 9.97 Å². The van der Waals surface area contributed by atoms with Crippen molar-refractivity contribution in [2.45, 2.75) is 23.7 Å². The Morgan fingerprint density at radius 3 is 1.22 bits per heavy atom. The second kappa shape index (κ2) is 8.73. The molecule has 2 heteroatoms. The Hall–Kier alpha value is -4.30. The third kappa shape index (κ3) is 3.33. The van der Waals surface area contributed by atoms with Gasteiger partial charge in [-0.15, -0.1) is 0 Å². The second-order valence-electron chi connectivity index (χ2n) is 9.75. The van der Waals surface area contributed by atoms with Gasteiger partial charge in [-0.05, 0) is 56.9 Å². The first-order valence-electron chi connectivity index (χ1n) is 12.7. The van der Waals surface area contributed by atoms with Gasteiger partial charge in [-0.1, -0.05) is 97.1 Å². The highest BCUT2D eigenvalue weighted by atomic mass is 14.8. The van der Waals surface area contributed by atoms with Crippen LogP contribution in [0.4, 0.5) is 0 Å². The van der Waals surface area contributed by atoms with Gasteiger partial charge >= 0.3 is 0 Å². The maximum Gasteiger partial charge on any atom is 0.0447 e. The first kappa shape index (κ1) is 21.0. The molecule has 0 N–H and O–H groups in total. The third-order valence-corrected chi connectivity index (χ3v) is 7.97. The van der Waals surface area contributed by atoms with Crippen LogP contribution in [0.25, 0.3) is 21.5 Å². The minimum atomic E-state index is 0.245. The van der Waals surface area contributed by atoms with E-state index >= 15 is 0 Å². The minimum absolute atomic E-state index is 0.245. The summed E-state index contributed by atoms with van der Waals surface area (Å²) in [7, 11) is 0. The fraction of sp³-hybridized carbons (Fsp3) is 0.118. The Labute approximate surface area is 211 Å². The smallest absolute Gasteiger partial charge is 0.0447 e. The molecule has 1 aliphatic rings. The molecule has 172 valence electrons. The summed E-state index contributed by atoms with van der Waals surface area (Å²) in [6.45, 7) is 0. The molecular formula is C34H26N2. The fourth-order valence-electron chi connectivity index (χ4n) is 6.49. The van der Waals surface area contributed by atoms with E-state index in [-0.39, 0.29) is 23.7 Å². The fourth-order valence-corrected chi connectivity index (χ4v) is 6.49. The summed E-state index contributed by atoms with van der Waals surface area (Å²) in [6.07, 6.45) is 3.87. The van der Waals surface area contributed by atoms with Gasteiger partial charge in [-0.2, -0.15) is 0 Å². The molecule has 4 aromatic carbocycles. The quantitative estimate of drug-likeness (QED) is 0.264. The van der Waals surface area contributed by atoms with E-state index in [0.717, 1.165) is 11.4 Å². The lowest BCUT2D eigenvalue weighted by Gasteiger charge is -2.53. The number of benzene rings is 4. The van der Waals surface area contributed by atoms with Crippen LogP contribution in [0, 0.1) is 0 Å². The number of aromatic nitrogens is 2. The predicted octanol–water partition coefficient (Wildman–Crippen LogP) is 8.23. The summed E-state index contributed by atoms with van der Waals surface area (Å²) >= 11 is 0. The normalized spacial score (nSPS) is 21.3. The van der Waals surface area contributed by atoms with E-state index in [1.54, 1.807) is 0 Å². The number of pyridine rings is 2. The van der Waals surface area contributed by atoms with Crippen LogP contribution in [-0.2, 0) is 0 Å². The standard InChI is InChI=1S/C34H26N2/c1-3-15-25-23(11-1)13-9-17-27(25)31-33(29-19-5-7-21-35-29)32(34(31)30-20-6-8-22-36-30)28-18-10-14-24-12-2-4-16-26(24)28/h1-22,31-34H. The van der Waals surface area contributed by atoms with Crippen molar-refractivity contribution in [3.8, 4) is 0 Å². The topological polar surface area (TPSA) is 25.8 Å². The third-order valence-electron chi connectivity index (χ3n) is 7.97. The second-order valence-corrected chi connectivity index (χ2v) is 9.75. The Morgan fingerprint density at radius 1 is 0.361 bits per heavy atom. The van der Waals surface area contributed by atoms with Gasteiger partial charge in [0.2, 0.25) is 0 Å². The first-order chi connectivity index (χ1) is 17.9. The maximum absolute atomic E-state index is 4.92. The van der Waals surface area contributed by atoms with Crippen LogP contribution in [0.2, 0.25) is 0 Å². The van der Waals surface area contributed by atoms with Crippen molar-refractivity contribution in [1.82, 2.24) is 9.97 Å². The average molecular weight is 463 g/mol. The van der Waals surface area contributed by atoms with E-state index in [0.29, 0.717) is 0 Å². The van der Waals surface area contributed by atoms with Crippen LogP contribution in [0.15, 0.2) is 134 Å². The van der Waals surface area contributed by atoms with Crippen molar-refractivity contribution in [3.05, 3.63) is 156 Å². The van der Waals surface area contributed by atoms with Crippen molar-refractivity contribution in [1.29, 1.82) is 0 Å². The van der Waals surface area contributed by atoms with Gasteiger partial charge in [0.05, 0.1) is 0 Å². The average Bonchev–Trinajstić information content (AvgIpc) is 2.94. The van der Waals surface area contributed by atoms with Crippen LogP contribution >= 0.6 is 0 Å². The summed E-state index contributed by atoms with van der Waals surface area (Å²) < 4.78 is 0. The van der Waals surface area contributed by atoms with Crippen LogP contribution in [0.1, 0.15) is 46.2 Å². The van der Waals surface area contributed by atoms with Gasteiger partial charge in [0.15, 0.2) is 0 Å². The molecule has 1 saturated carbocycles. The molecular weight excluding hydrogens is 436 g/mol. The Balaban J connectivity index is 1.50. The predicted molar refractivity (Wildman–Crippen MR) is 147 cm³/mol. The van der Waals surface area contributed by atoms with Crippen molar-refractivity contribution >= 4 is 21.5 Å². The van der Waals surface area contributed by atoms with Gasteiger partial charge in [-0.25, -0.2) is 0 Å². The largest absolute Gasteiger partial charge is 0.261 e. The summed E-state index contributed by atoms with van der Waals surface area (Å²) in [4.78, 5) is 9.84. The van der Waals surface area contributed by atoms with E-state index in [4.69, 9.17) is 9.97 Å². The summed E-state index contributed by atoms with van der Waals surface area (Å²) in [6, 6.07) is 43.6. The molecule has 0 radical (unpaired) electrons. The molecule has 0 unspecified atom stereocenters. The highest BCUT2D eigenvalue weighted by Gasteiger charge is 2.54. The van der Waals surface area contributed by atoms with Crippen molar-refractivity contribution in [2.24, 2.45) is 0 Å². The molecule has 2 heterocycles. The molecule has 2 nitrogen and oxygen atoms in total. The van der Waals surface area contributed by atoms with Gasteiger partial charge in [-0.3, -0.25) is 9.97 Å². The molecule has 1 fully saturated rings. The van der Waals surface area contributed by atoms with E-state index in [9.17, 15) is 0 Å². The monoisotopic (exact) mass is 462 g/mol. The highest BCUT2D eigenvalue weighted by molar-refractivity contribution is 5.88. The highest BCUT2D eigenvalue weighted by Crippen LogP contribution is 2.67. The Bertz CT molecular complexity index is 1510. The molecule has 36 heavy (non-hydrogen) atoms. The van der Waals surface area contributed by atoms with E-state index in [1.807, 2.05) is 24.5 Å². The van der Waals surface area contributed by atoms with Gasteiger partial charge < -0.3 is 0 Å². The summed E-state index contributed by atoms with van der Waals surface area (Å²) in [5.41, 5.74) is 5.08. The van der Waals surface area contributed by atoms with Gasteiger partial charge in [0, 0.05) is 47.5 Å². The molecule has 2 aromatic heterocycles. The van der Waals surface area contributed by atoms with Crippen molar-refractivity contribution in [3.63, 3.8) is 0 Å². The summed E-state index contributed by atoms with van der Waals surface area (Å²) in [5.74, 6) is 1.03. The molecule has 0 atom stereocenters. The molecule has 0 saturated heterocycles. The maximum atomic E-state index is 4.92. The zero-order chi connectivity index (χ0) is 23.9. The van der Waals surface area contributed by atoms with Gasteiger partial charge in [0.1, 0.15) is 0 Å². The van der Waals surface area contributed by atoms with Crippen molar-refractivity contribution in [2.75, 3.05) is 0 Å². The zero-order valence-electron chi connectivity index (χ0n) is 19.9. The van der Waals surface area contributed by atoms with Crippen LogP contribution in [0.3, 0.4) is 0 Å². The molecule has 6 aromatic rings. The number of fused-ring (bicyclic) bond motifs is 2. The molecule has 0 spiro atoms. The Kier molecular flexibility index (Phi) is 5.10. The molecule has 0 bridgehead atoms. The van der Waals surface area contributed by atoms with Gasteiger partial charge in [0.25, 0.3) is 0 Å². The number of hydrogen-bond donors (Lipinski definition) is 0.